The van der Waals surface area contributed by atoms with E-state index in [1.165, 1.54) is 24.3 Å². The summed E-state index contributed by atoms with van der Waals surface area (Å²) in [5, 5.41) is 11.5. The van der Waals surface area contributed by atoms with Gasteiger partial charge in [0.1, 0.15) is 5.82 Å². The molecule has 102 valence electrons. The fourth-order valence-electron chi connectivity index (χ4n) is 1.62. The maximum atomic E-state index is 12.0. The Balaban J connectivity index is 2.17. The topological polar surface area (TPSA) is 79.3 Å². The predicted molar refractivity (Wildman–Crippen MR) is 78.0 cm³/mol. The van der Waals surface area contributed by atoms with Crippen LogP contribution in [-0.2, 0) is 0 Å². The summed E-state index contributed by atoms with van der Waals surface area (Å²) in [7, 11) is 0. The lowest BCUT2D eigenvalue weighted by molar-refractivity contribution is 0.0696. The number of carbonyl (C=O) groups is 2. The number of hydrogen-bond donors (Lipinski definition) is 2. The molecule has 0 radical (unpaired) electrons. The van der Waals surface area contributed by atoms with Crippen molar-refractivity contribution in [3.05, 3.63) is 57.7 Å². The molecule has 20 heavy (non-hydrogen) atoms. The lowest BCUT2D eigenvalue weighted by Crippen LogP contribution is -2.14. The van der Waals surface area contributed by atoms with Crippen LogP contribution >= 0.6 is 15.9 Å². The molecule has 1 amide bonds. The third-order valence-corrected chi connectivity index (χ3v) is 3.10. The lowest BCUT2D eigenvalue weighted by atomic mass is 10.1. The second-order valence-electron chi connectivity index (χ2n) is 4.16. The molecular weight excluding hydrogens is 324 g/mol. The molecule has 5 nitrogen and oxygen atoms in total. The highest BCUT2D eigenvalue weighted by molar-refractivity contribution is 9.10. The number of nitrogens with one attached hydrogen (secondary N) is 1. The van der Waals surface area contributed by atoms with Gasteiger partial charge in [0.2, 0.25) is 0 Å². The van der Waals surface area contributed by atoms with Gasteiger partial charge in [-0.2, -0.15) is 0 Å². The molecule has 0 saturated heterocycles. The Morgan fingerprint density at radius 2 is 1.80 bits per heavy atom. The molecule has 0 aliphatic carbocycles. The van der Waals surface area contributed by atoms with E-state index in [1.54, 1.807) is 6.20 Å². The number of amides is 1. The first-order chi connectivity index (χ1) is 9.47. The van der Waals surface area contributed by atoms with Crippen LogP contribution in [0.1, 0.15) is 26.3 Å². The number of anilines is 1. The van der Waals surface area contributed by atoms with Crippen LogP contribution in [0.3, 0.4) is 0 Å². The first-order valence-corrected chi connectivity index (χ1v) is 6.53. The number of pyridine rings is 1. The fraction of sp³-hybridized carbons (Fsp3) is 0.0714. The van der Waals surface area contributed by atoms with Crippen LogP contribution in [0.2, 0.25) is 0 Å². The highest BCUT2D eigenvalue weighted by atomic mass is 79.9. The SMILES string of the molecule is Cc1cc(Br)cnc1NC(=O)c1ccc(C(=O)O)cc1. The average Bonchev–Trinajstić information content (AvgIpc) is 2.42. The minimum Gasteiger partial charge on any atom is -0.478 e. The van der Waals surface area contributed by atoms with Crippen LogP contribution in [0.25, 0.3) is 0 Å². The standard InChI is InChI=1S/C14H11BrN2O3/c1-8-6-11(15)7-16-12(8)17-13(18)9-2-4-10(5-3-9)14(19)20/h2-7H,1H3,(H,19,20)(H,16,17,18). The molecule has 1 aromatic heterocycles. The number of aryl methyl sites for hydroxylation is 1. The van der Waals surface area contributed by atoms with Crippen LogP contribution in [0, 0.1) is 6.92 Å². The number of carboxylic acids is 1. The highest BCUT2D eigenvalue weighted by Crippen LogP contribution is 2.17. The molecule has 1 heterocycles. The minimum absolute atomic E-state index is 0.138. The van der Waals surface area contributed by atoms with Crippen molar-refractivity contribution in [3.63, 3.8) is 0 Å². The van der Waals surface area contributed by atoms with Crippen LogP contribution < -0.4 is 5.32 Å². The van der Waals surface area contributed by atoms with Crippen molar-refractivity contribution >= 4 is 33.6 Å². The smallest absolute Gasteiger partial charge is 0.335 e. The van der Waals surface area contributed by atoms with E-state index in [4.69, 9.17) is 5.11 Å². The van der Waals surface area contributed by atoms with Gasteiger partial charge in [0.25, 0.3) is 5.91 Å². The molecule has 0 unspecified atom stereocenters. The summed E-state index contributed by atoms with van der Waals surface area (Å²) in [5.74, 6) is -0.886. The van der Waals surface area contributed by atoms with Crippen molar-refractivity contribution in [2.75, 3.05) is 5.32 Å². The van der Waals surface area contributed by atoms with Crippen molar-refractivity contribution in [2.45, 2.75) is 6.92 Å². The fourth-order valence-corrected chi connectivity index (χ4v) is 2.06. The summed E-state index contributed by atoms with van der Waals surface area (Å²) in [6, 6.07) is 7.55. The zero-order chi connectivity index (χ0) is 14.7. The second kappa shape index (κ2) is 5.83. The highest BCUT2D eigenvalue weighted by Gasteiger charge is 2.10. The Bertz CT molecular complexity index is 669. The molecule has 2 N–H and O–H groups in total. The van der Waals surface area contributed by atoms with Crippen molar-refractivity contribution in [2.24, 2.45) is 0 Å². The number of carbonyl (C=O) groups excluding carboxylic acids is 1. The first kappa shape index (κ1) is 14.2. The summed E-state index contributed by atoms with van der Waals surface area (Å²) in [6.07, 6.45) is 1.59. The van der Waals surface area contributed by atoms with Gasteiger partial charge in [-0.1, -0.05) is 0 Å². The molecule has 1 aromatic carbocycles. The Labute approximate surface area is 123 Å². The van der Waals surface area contributed by atoms with Crippen LogP contribution in [-0.4, -0.2) is 22.0 Å². The second-order valence-corrected chi connectivity index (χ2v) is 5.07. The number of aromatic nitrogens is 1. The quantitative estimate of drug-likeness (QED) is 0.903. The Morgan fingerprint density at radius 3 is 2.35 bits per heavy atom. The number of carboxylic acid groups (broad SMARTS) is 1. The molecule has 0 saturated carbocycles. The van der Waals surface area contributed by atoms with Gasteiger partial charge in [0, 0.05) is 16.2 Å². The van der Waals surface area contributed by atoms with E-state index < -0.39 is 5.97 Å². The summed E-state index contributed by atoms with van der Waals surface area (Å²) in [4.78, 5) is 26.9. The van der Waals surface area contributed by atoms with Crippen LogP contribution in [0.4, 0.5) is 5.82 Å². The van der Waals surface area contributed by atoms with E-state index >= 15 is 0 Å². The summed E-state index contributed by atoms with van der Waals surface area (Å²) in [5.41, 5.74) is 1.34. The van der Waals surface area contributed by atoms with Gasteiger partial charge in [-0.15, -0.1) is 0 Å². The molecule has 0 atom stereocenters. The molecular formula is C14H11BrN2O3. The normalized spacial score (nSPS) is 10.1. The monoisotopic (exact) mass is 334 g/mol. The number of hydrogen-bond acceptors (Lipinski definition) is 3. The van der Waals surface area contributed by atoms with Gasteiger partial charge in [-0.05, 0) is 58.7 Å². The molecule has 6 heteroatoms. The maximum Gasteiger partial charge on any atom is 0.335 e. The zero-order valence-corrected chi connectivity index (χ0v) is 12.1. The van der Waals surface area contributed by atoms with Crippen molar-refractivity contribution in [3.8, 4) is 0 Å². The van der Waals surface area contributed by atoms with Crippen molar-refractivity contribution in [1.29, 1.82) is 0 Å². The van der Waals surface area contributed by atoms with E-state index in [-0.39, 0.29) is 11.5 Å². The molecule has 0 bridgehead atoms. The van der Waals surface area contributed by atoms with Gasteiger partial charge in [-0.3, -0.25) is 4.79 Å². The largest absolute Gasteiger partial charge is 0.478 e. The molecule has 0 aliphatic heterocycles. The zero-order valence-electron chi connectivity index (χ0n) is 10.6. The van der Waals surface area contributed by atoms with Crippen LogP contribution in [0.15, 0.2) is 41.0 Å². The molecule has 2 rings (SSSR count). The number of aromatic carboxylic acids is 1. The van der Waals surface area contributed by atoms with Crippen molar-refractivity contribution < 1.29 is 14.7 Å². The Kier molecular flexibility index (Phi) is 4.14. The summed E-state index contributed by atoms with van der Waals surface area (Å²) >= 11 is 3.30. The third-order valence-electron chi connectivity index (χ3n) is 2.67. The van der Waals surface area contributed by atoms with E-state index in [2.05, 4.69) is 26.2 Å². The van der Waals surface area contributed by atoms with E-state index in [9.17, 15) is 9.59 Å². The molecule has 2 aromatic rings. The van der Waals surface area contributed by atoms with E-state index in [0.29, 0.717) is 11.4 Å². The molecule has 0 spiro atoms. The summed E-state index contributed by atoms with van der Waals surface area (Å²) in [6.45, 7) is 1.83. The third kappa shape index (κ3) is 3.21. The van der Waals surface area contributed by atoms with Gasteiger partial charge in [-0.25, -0.2) is 9.78 Å². The molecule has 0 fully saturated rings. The van der Waals surface area contributed by atoms with Gasteiger partial charge < -0.3 is 10.4 Å². The van der Waals surface area contributed by atoms with Gasteiger partial charge in [0.15, 0.2) is 0 Å². The van der Waals surface area contributed by atoms with Gasteiger partial charge >= 0.3 is 5.97 Å². The summed E-state index contributed by atoms with van der Waals surface area (Å²) < 4.78 is 0.832. The number of benzene rings is 1. The first-order valence-electron chi connectivity index (χ1n) is 5.74. The van der Waals surface area contributed by atoms with Gasteiger partial charge in [0.05, 0.1) is 5.56 Å². The van der Waals surface area contributed by atoms with Crippen LogP contribution in [0.5, 0.6) is 0 Å². The Morgan fingerprint density at radius 1 is 1.20 bits per heavy atom. The Hall–Kier alpha value is -2.21. The average molecular weight is 335 g/mol. The number of nitrogens with zero attached hydrogens (tertiary/aromatic N) is 1. The van der Waals surface area contributed by atoms with Crippen molar-refractivity contribution in [1.82, 2.24) is 4.98 Å². The maximum absolute atomic E-state index is 12.0. The lowest BCUT2D eigenvalue weighted by Gasteiger charge is -2.07. The number of rotatable bonds is 3. The number of halogens is 1. The minimum atomic E-state index is -1.03. The molecule has 0 aliphatic rings. The predicted octanol–water partition coefficient (Wildman–Crippen LogP) is 3.10. The van der Waals surface area contributed by atoms with E-state index in [0.717, 1.165) is 10.0 Å². The van der Waals surface area contributed by atoms with E-state index in [1.807, 2.05) is 13.0 Å².